The van der Waals surface area contributed by atoms with Crippen molar-refractivity contribution in [2.75, 3.05) is 32.7 Å². The summed E-state index contributed by atoms with van der Waals surface area (Å²) in [6.07, 6.45) is 2.84. The molecule has 1 fully saturated rings. The predicted octanol–water partition coefficient (Wildman–Crippen LogP) is 2.07. The largest absolute Gasteiger partial charge is 0.351 e. The number of rotatable bonds is 7. The molecule has 3 rings (SSSR count). The van der Waals surface area contributed by atoms with Crippen molar-refractivity contribution in [1.82, 2.24) is 15.1 Å². The van der Waals surface area contributed by atoms with Crippen LogP contribution in [0.25, 0.3) is 6.08 Å². The van der Waals surface area contributed by atoms with Crippen molar-refractivity contribution >= 4 is 23.6 Å². The molecule has 1 N–H and O–H groups in total. The number of hydrogen-bond donors (Lipinski definition) is 1. The minimum atomic E-state index is -0.467. The van der Waals surface area contributed by atoms with Crippen LogP contribution in [-0.4, -0.2) is 59.3 Å². The lowest BCUT2D eigenvalue weighted by Crippen LogP contribution is -2.50. The first-order chi connectivity index (χ1) is 14.5. The summed E-state index contributed by atoms with van der Waals surface area (Å²) in [6, 6.07) is 16.0. The van der Waals surface area contributed by atoms with E-state index in [-0.39, 0.29) is 17.5 Å². The number of hydrogen-bond acceptors (Lipinski definition) is 5. The van der Waals surface area contributed by atoms with Crippen LogP contribution in [0.5, 0.6) is 0 Å². The average Bonchev–Trinajstić information content (AvgIpc) is 2.77. The molecule has 2 amide bonds. The van der Waals surface area contributed by atoms with Crippen molar-refractivity contribution in [2.45, 2.75) is 6.54 Å². The summed E-state index contributed by atoms with van der Waals surface area (Å²) in [7, 11) is 0. The molecule has 2 aromatic carbocycles. The summed E-state index contributed by atoms with van der Waals surface area (Å²) >= 11 is 0. The van der Waals surface area contributed by atoms with Crippen LogP contribution in [0, 0.1) is 10.1 Å². The first-order valence-electron chi connectivity index (χ1n) is 9.76. The number of amides is 2. The van der Waals surface area contributed by atoms with E-state index in [2.05, 4.69) is 5.32 Å². The second kappa shape index (κ2) is 10.3. The van der Waals surface area contributed by atoms with E-state index in [1.807, 2.05) is 35.2 Å². The summed E-state index contributed by atoms with van der Waals surface area (Å²) in [5.74, 6) is -0.240. The zero-order valence-electron chi connectivity index (χ0n) is 16.6. The Morgan fingerprint density at radius 1 is 1.00 bits per heavy atom. The second-order valence-electron chi connectivity index (χ2n) is 7.01. The van der Waals surface area contributed by atoms with Crippen LogP contribution in [0.15, 0.2) is 60.7 Å². The summed E-state index contributed by atoms with van der Waals surface area (Å²) < 4.78 is 0. The maximum atomic E-state index is 12.4. The molecular weight excluding hydrogens is 384 g/mol. The van der Waals surface area contributed by atoms with Gasteiger partial charge in [0.2, 0.25) is 11.8 Å². The summed E-state index contributed by atoms with van der Waals surface area (Å²) in [5.41, 5.74) is 1.41. The van der Waals surface area contributed by atoms with Crippen LogP contribution in [0.4, 0.5) is 5.69 Å². The van der Waals surface area contributed by atoms with Crippen molar-refractivity contribution < 1.29 is 14.5 Å². The average molecular weight is 408 g/mol. The quantitative estimate of drug-likeness (QED) is 0.430. The Morgan fingerprint density at radius 2 is 1.67 bits per heavy atom. The van der Waals surface area contributed by atoms with Crippen molar-refractivity contribution in [2.24, 2.45) is 0 Å². The van der Waals surface area contributed by atoms with Gasteiger partial charge in [-0.05, 0) is 17.7 Å². The molecule has 0 bridgehead atoms. The molecule has 2 aromatic rings. The van der Waals surface area contributed by atoms with Crippen LogP contribution in [-0.2, 0) is 16.1 Å². The van der Waals surface area contributed by atoms with Crippen LogP contribution < -0.4 is 5.32 Å². The Labute approximate surface area is 174 Å². The maximum absolute atomic E-state index is 12.4. The normalized spacial score (nSPS) is 14.6. The topological polar surface area (TPSA) is 95.8 Å². The number of benzene rings is 2. The highest BCUT2D eigenvalue weighted by Gasteiger charge is 2.21. The van der Waals surface area contributed by atoms with Gasteiger partial charge in [-0.1, -0.05) is 42.5 Å². The fourth-order valence-electron chi connectivity index (χ4n) is 3.24. The summed E-state index contributed by atoms with van der Waals surface area (Å²) in [6.45, 7) is 3.00. The van der Waals surface area contributed by atoms with E-state index < -0.39 is 4.92 Å². The molecule has 0 unspecified atom stereocenters. The van der Waals surface area contributed by atoms with Gasteiger partial charge in [0, 0.05) is 44.9 Å². The molecule has 8 heteroatoms. The minimum Gasteiger partial charge on any atom is -0.351 e. The Hall–Kier alpha value is -3.52. The van der Waals surface area contributed by atoms with Gasteiger partial charge in [-0.25, -0.2) is 0 Å². The van der Waals surface area contributed by atoms with Gasteiger partial charge >= 0.3 is 0 Å². The molecule has 8 nitrogen and oxygen atoms in total. The number of carbonyl (C=O) groups is 2. The van der Waals surface area contributed by atoms with Gasteiger partial charge in [-0.2, -0.15) is 0 Å². The molecule has 30 heavy (non-hydrogen) atoms. The van der Waals surface area contributed by atoms with E-state index in [1.165, 1.54) is 18.2 Å². The highest BCUT2D eigenvalue weighted by atomic mass is 16.6. The van der Waals surface area contributed by atoms with Crippen molar-refractivity contribution in [3.63, 3.8) is 0 Å². The Bertz CT molecular complexity index is 922. The van der Waals surface area contributed by atoms with E-state index in [9.17, 15) is 19.7 Å². The third kappa shape index (κ3) is 5.99. The van der Waals surface area contributed by atoms with Crippen LogP contribution in [0.3, 0.4) is 0 Å². The van der Waals surface area contributed by atoms with E-state index in [4.69, 9.17) is 0 Å². The predicted molar refractivity (Wildman–Crippen MR) is 113 cm³/mol. The first kappa shape index (κ1) is 21.2. The van der Waals surface area contributed by atoms with Crippen molar-refractivity contribution in [1.29, 1.82) is 0 Å². The van der Waals surface area contributed by atoms with Crippen LogP contribution in [0.1, 0.15) is 11.1 Å². The molecule has 0 radical (unpaired) electrons. The lowest BCUT2D eigenvalue weighted by Gasteiger charge is -2.33. The van der Waals surface area contributed by atoms with Crippen molar-refractivity contribution in [3.8, 4) is 0 Å². The van der Waals surface area contributed by atoms with Crippen LogP contribution in [0.2, 0.25) is 0 Å². The minimum absolute atomic E-state index is 0.0344. The number of para-hydroxylation sites is 1. The molecule has 1 saturated heterocycles. The Balaban J connectivity index is 1.44. The zero-order chi connectivity index (χ0) is 21.3. The number of nitro groups is 1. The number of nitro benzene ring substituents is 1. The molecule has 0 aliphatic carbocycles. The monoisotopic (exact) mass is 408 g/mol. The first-order valence-corrected chi connectivity index (χ1v) is 9.76. The van der Waals surface area contributed by atoms with Crippen LogP contribution >= 0.6 is 0 Å². The second-order valence-corrected chi connectivity index (χ2v) is 7.01. The molecule has 1 aliphatic rings. The molecule has 1 aliphatic heterocycles. The molecule has 0 saturated carbocycles. The Kier molecular flexibility index (Phi) is 7.29. The van der Waals surface area contributed by atoms with Gasteiger partial charge in [-0.15, -0.1) is 0 Å². The number of nitrogens with zero attached hydrogens (tertiary/aromatic N) is 3. The molecule has 0 atom stereocenters. The lowest BCUT2D eigenvalue weighted by atomic mass is 10.1. The van der Waals surface area contributed by atoms with E-state index in [0.29, 0.717) is 44.8 Å². The third-order valence-corrected chi connectivity index (χ3v) is 4.92. The smallest absolute Gasteiger partial charge is 0.276 e. The lowest BCUT2D eigenvalue weighted by molar-refractivity contribution is -0.385. The third-order valence-electron chi connectivity index (χ3n) is 4.92. The fourth-order valence-corrected chi connectivity index (χ4v) is 3.24. The fraction of sp³-hybridized carbons (Fsp3) is 0.273. The molecule has 0 spiro atoms. The number of nitrogens with one attached hydrogen (secondary N) is 1. The van der Waals surface area contributed by atoms with Gasteiger partial charge in [0.25, 0.3) is 5.69 Å². The number of carbonyl (C=O) groups excluding carboxylic acids is 2. The highest BCUT2D eigenvalue weighted by Crippen LogP contribution is 2.19. The molecule has 156 valence electrons. The van der Waals surface area contributed by atoms with Crippen molar-refractivity contribution in [3.05, 3.63) is 81.9 Å². The highest BCUT2D eigenvalue weighted by molar-refractivity contribution is 5.92. The standard InChI is InChI=1S/C22H24N4O4/c27-21(23-16-18-6-2-1-3-7-18)17-24-12-14-25(15-13-24)22(28)11-10-19-8-4-5-9-20(19)26(29)30/h1-11H,12-17H2,(H,23,27)/b11-10+. The Morgan fingerprint density at radius 3 is 2.37 bits per heavy atom. The van der Waals surface area contributed by atoms with Gasteiger partial charge in [0.05, 0.1) is 17.0 Å². The van der Waals surface area contributed by atoms with E-state index >= 15 is 0 Å². The van der Waals surface area contributed by atoms with Gasteiger partial charge in [0.15, 0.2) is 0 Å². The summed E-state index contributed by atoms with van der Waals surface area (Å²) in [5, 5.41) is 14.0. The van der Waals surface area contributed by atoms with E-state index in [0.717, 1.165) is 5.56 Å². The molecular formula is C22H24N4O4. The maximum Gasteiger partial charge on any atom is 0.276 e. The van der Waals surface area contributed by atoms with Gasteiger partial charge < -0.3 is 10.2 Å². The number of piperazine rings is 1. The zero-order valence-corrected chi connectivity index (χ0v) is 16.6. The van der Waals surface area contributed by atoms with Gasteiger partial charge in [0.1, 0.15) is 0 Å². The summed E-state index contributed by atoms with van der Waals surface area (Å²) in [4.78, 5) is 38.8. The molecule has 0 aromatic heterocycles. The molecule has 1 heterocycles. The van der Waals surface area contributed by atoms with Gasteiger partial charge in [-0.3, -0.25) is 24.6 Å². The van der Waals surface area contributed by atoms with E-state index in [1.54, 1.807) is 23.1 Å². The SMILES string of the molecule is O=C(CN1CCN(C(=O)/C=C/c2ccccc2[N+](=O)[O-])CC1)NCc1ccccc1.